The minimum absolute atomic E-state index is 0.175. The number of nitrogens with one attached hydrogen (secondary N) is 1. The van der Waals surface area contributed by atoms with Crippen LogP contribution < -0.4 is 5.32 Å². The van der Waals surface area contributed by atoms with Crippen LogP contribution in [0.2, 0.25) is 0 Å². The maximum absolute atomic E-state index is 11.2. The Morgan fingerprint density at radius 1 is 1.62 bits per heavy atom. The monoisotopic (exact) mass is 203 g/mol. The topological polar surface area (TPSA) is 46.2 Å². The smallest absolute Gasteiger partial charge is 0.223 e. The van der Waals surface area contributed by atoms with Gasteiger partial charge in [-0.15, -0.1) is 0 Å². The summed E-state index contributed by atoms with van der Waals surface area (Å²) >= 11 is 0. The van der Waals surface area contributed by atoms with Crippen molar-refractivity contribution in [3.63, 3.8) is 0 Å². The summed E-state index contributed by atoms with van der Waals surface area (Å²) in [5.41, 5.74) is 0. The molecule has 13 heavy (non-hydrogen) atoms. The van der Waals surface area contributed by atoms with Crippen molar-refractivity contribution in [2.45, 2.75) is 31.4 Å². The molecule has 1 aliphatic carbocycles. The second kappa shape index (κ2) is 4.74. The summed E-state index contributed by atoms with van der Waals surface area (Å²) in [4.78, 5) is 11.2. The predicted molar refractivity (Wildman–Crippen MR) is 53.9 cm³/mol. The molecule has 2 unspecified atom stereocenters. The minimum atomic E-state index is -0.771. The fourth-order valence-electron chi connectivity index (χ4n) is 1.05. The fourth-order valence-corrected chi connectivity index (χ4v) is 1.50. The molecule has 0 aromatic heterocycles. The van der Waals surface area contributed by atoms with E-state index in [2.05, 4.69) is 5.32 Å². The zero-order valence-electron chi connectivity index (χ0n) is 8.21. The van der Waals surface area contributed by atoms with Crippen LogP contribution in [0.4, 0.5) is 0 Å². The molecule has 1 saturated carbocycles. The van der Waals surface area contributed by atoms with E-state index in [0.29, 0.717) is 6.54 Å². The molecule has 1 rings (SSSR count). The van der Waals surface area contributed by atoms with Crippen LogP contribution in [0.5, 0.6) is 0 Å². The van der Waals surface area contributed by atoms with Gasteiger partial charge < -0.3 is 5.32 Å². The van der Waals surface area contributed by atoms with E-state index in [4.69, 9.17) is 0 Å². The van der Waals surface area contributed by atoms with Gasteiger partial charge in [0, 0.05) is 34.8 Å². The van der Waals surface area contributed by atoms with Gasteiger partial charge in [0.25, 0.3) is 0 Å². The van der Waals surface area contributed by atoms with Crippen LogP contribution in [0.25, 0.3) is 0 Å². The second-order valence-corrected chi connectivity index (χ2v) is 5.47. The quantitative estimate of drug-likeness (QED) is 0.714. The van der Waals surface area contributed by atoms with Gasteiger partial charge >= 0.3 is 0 Å². The van der Waals surface area contributed by atoms with Crippen LogP contribution in [-0.2, 0) is 15.6 Å². The highest BCUT2D eigenvalue weighted by molar-refractivity contribution is 7.84. The molecule has 0 saturated heterocycles. The average Bonchev–Trinajstić information content (AvgIpc) is 2.85. The van der Waals surface area contributed by atoms with Crippen molar-refractivity contribution in [3.05, 3.63) is 0 Å². The molecular weight excluding hydrogens is 186 g/mol. The van der Waals surface area contributed by atoms with Gasteiger partial charge in [0.15, 0.2) is 0 Å². The van der Waals surface area contributed by atoms with E-state index in [0.717, 1.165) is 19.3 Å². The lowest BCUT2D eigenvalue weighted by Gasteiger charge is -2.08. The van der Waals surface area contributed by atoms with E-state index < -0.39 is 10.8 Å². The molecule has 1 N–H and O–H groups in total. The van der Waals surface area contributed by atoms with Crippen molar-refractivity contribution in [1.82, 2.24) is 5.32 Å². The first-order valence-corrected chi connectivity index (χ1v) is 6.33. The Kier molecular flexibility index (Phi) is 3.90. The number of hydrogen-bond acceptors (Lipinski definition) is 2. The lowest BCUT2D eigenvalue weighted by Crippen LogP contribution is -2.28. The molecule has 1 aliphatic rings. The average molecular weight is 203 g/mol. The normalized spacial score (nSPS) is 20.8. The van der Waals surface area contributed by atoms with Crippen LogP contribution in [-0.4, -0.2) is 28.2 Å². The fraction of sp³-hybridized carbons (Fsp3) is 0.889. The zero-order chi connectivity index (χ0) is 9.84. The molecule has 1 amide bonds. The van der Waals surface area contributed by atoms with Crippen molar-refractivity contribution >= 4 is 16.7 Å². The number of hydrogen-bond donors (Lipinski definition) is 1. The van der Waals surface area contributed by atoms with E-state index in [1.54, 1.807) is 6.26 Å². The first kappa shape index (κ1) is 10.7. The maximum Gasteiger partial charge on any atom is 0.223 e. The van der Waals surface area contributed by atoms with Crippen molar-refractivity contribution in [2.24, 2.45) is 5.92 Å². The molecule has 0 aromatic rings. The SMILES string of the molecule is CC(CCNC(=O)C1CC1)S(C)=O. The maximum atomic E-state index is 11.2. The Morgan fingerprint density at radius 2 is 2.23 bits per heavy atom. The number of rotatable bonds is 5. The summed E-state index contributed by atoms with van der Waals surface area (Å²) in [5, 5.41) is 3.04. The highest BCUT2D eigenvalue weighted by Crippen LogP contribution is 2.28. The Morgan fingerprint density at radius 3 is 2.69 bits per heavy atom. The zero-order valence-corrected chi connectivity index (χ0v) is 9.02. The van der Waals surface area contributed by atoms with Gasteiger partial charge in [0.1, 0.15) is 0 Å². The molecule has 3 nitrogen and oxygen atoms in total. The molecule has 4 heteroatoms. The summed E-state index contributed by atoms with van der Waals surface area (Å²) < 4.78 is 11.0. The van der Waals surface area contributed by atoms with Gasteiger partial charge in [-0.2, -0.15) is 0 Å². The lowest BCUT2D eigenvalue weighted by molar-refractivity contribution is -0.122. The molecule has 0 radical (unpaired) electrons. The Hall–Kier alpha value is -0.380. The molecule has 0 heterocycles. The standard InChI is InChI=1S/C9H17NO2S/c1-7(13(2)12)5-6-10-9(11)8-3-4-8/h7-8H,3-6H2,1-2H3,(H,10,11). The Labute approximate surface area is 81.7 Å². The first-order chi connectivity index (χ1) is 6.11. The molecule has 0 aromatic carbocycles. The lowest BCUT2D eigenvalue weighted by atomic mass is 10.3. The molecule has 1 fully saturated rings. The second-order valence-electron chi connectivity index (χ2n) is 3.66. The minimum Gasteiger partial charge on any atom is -0.356 e. The largest absolute Gasteiger partial charge is 0.356 e. The third-order valence-corrected chi connectivity index (χ3v) is 3.73. The number of carbonyl (C=O) groups excluding carboxylic acids is 1. The van der Waals surface area contributed by atoms with E-state index >= 15 is 0 Å². The van der Waals surface area contributed by atoms with Gasteiger partial charge in [-0.25, -0.2) is 0 Å². The summed E-state index contributed by atoms with van der Waals surface area (Å²) in [7, 11) is -0.771. The van der Waals surface area contributed by atoms with Crippen LogP contribution in [0.3, 0.4) is 0 Å². The van der Waals surface area contributed by atoms with Crippen LogP contribution in [0, 0.1) is 5.92 Å². The Balaban J connectivity index is 2.05. The molecule has 0 spiro atoms. The Bertz CT molecular complexity index is 214. The highest BCUT2D eigenvalue weighted by Gasteiger charge is 2.29. The third kappa shape index (κ3) is 3.89. The molecule has 0 bridgehead atoms. The van der Waals surface area contributed by atoms with E-state index in [9.17, 15) is 9.00 Å². The summed E-state index contributed by atoms with van der Waals surface area (Å²) in [6, 6.07) is 0. The van der Waals surface area contributed by atoms with Gasteiger partial charge in [-0.05, 0) is 19.3 Å². The van der Waals surface area contributed by atoms with E-state index in [-0.39, 0.29) is 17.1 Å². The molecular formula is C9H17NO2S. The van der Waals surface area contributed by atoms with Gasteiger partial charge in [-0.3, -0.25) is 9.00 Å². The van der Waals surface area contributed by atoms with Crippen LogP contribution >= 0.6 is 0 Å². The van der Waals surface area contributed by atoms with E-state index in [1.807, 2.05) is 6.92 Å². The number of carbonyl (C=O) groups is 1. The van der Waals surface area contributed by atoms with Crippen LogP contribution in [0.1, 0.15) is 26.2 Å². The highest BCUT2D eigenvalue weighted by atomic mass is 32.2. The van der Waals surface area contributed by atoms with Gasteiger partial charge in [0.05, 0.1) is 0 Å². The number of amides is 1. The van der Waals surface area contributed by atoms with Crippen molar-refractivity contribution in [2.75, 3.05) is 12.8 Å². The summed E-state index contributed by atoms with van der Waals surface area (Å²) in [6.07, 6.45) is 4.59. The molecule has 2 atom stereocenters. The van der Waals surface area contributed by atoms with Crippen molar-refractivity contribution in [1.29, 1.82) is 0 Å². The van der Waals surface area contributed by atoms with Crippen LogP contribution in [0.15, 0.2) is 0 Å². The first-order valence-electron chi connectivity index (χ1n) is 4.71. The van der Waals surface area contributed by atoms with E-state index in [1.165, 1.54) is 0 Å². The summed E-state index contributed by atoms with van der Waals surface area (Å²) in [6.45, 7) is 2.61. The van der Waals surface area contributed by atoms with Crippen molar-refractivity contribution < 1.29 is 9.00 Å². The predicted octanol–water partition coefficient (Wildman–Crippen LogP) is 0.670. The third-order valence-electron chi connectivity index (χ3n) is 2.36. The van der Waals surface area contributed by atoms with Crippen molar-refractivity contribution in [3.8, 4) is 0 Å². The molecule has 76 valence electrons. The van der Waals surface area contributed by atoms with Gasteiger partial charge in [-0.1, -0.05) is 6.92 Å². The summed E-state index contributed by atoms with van der Waals surface area (Å²) in [5.74, 6) is 0.455. The molecule has 0 aliphatic heterocycles. The van der Waals surface area contributed by atoms with Gasteiger partial charge in [0.2, 0.25) is 5.91 Å².